The fraction of sp³-hybridized carbons (Fsp3) is 0.107. The zero-order valence-corrected chi connectivity index (χ0v) is 19.6. The van der Waals surface area contributed by atoms with Gasteiger partial charge in [0.05, 0.1) is 19.5 Å². The van der Waals surface area contributed by atoms with E-state index in [0.717, 1.165) is 11.1 Å². The van der Waals surface area contributed by atoms with Crippen LogP contribution in [0.3, 0.4) is 0 Å². The first-order valence-corrected chi connectivity index (χ1v) is 11.4. The minimum absolute atomic E-state index is 0.270. The Kier molecular flexibility index (Phi) is 6.57. The minimum atomic E-state index is -0.514. The molecule has 5 aromatic rings. The number of methoxy groups -OCH3 is 1. The molecule has 0 aliphatic heterocycles. The highest BCUT2D eigenvalue weighted by Gasteiger charge is 2.23. The van der Waals surface area contributed by atoms with Crippen molar-refractivity contribution >= 4 is 28.8 Å². The Morgan fingerprint density at radius 1 is 0.917 bits per heavy atom. The van der Waals surface area contributed by atoms with Crippen LogP contribution in [0.15, 0.2) is 97.3 Å². The van der Waals surface area contributed by atoms with Gasteiger partial charge in [0.25, 0.3) is 0 Å². The van der Waals surface area contributed by atoms with Crippen LogP contribution < -0.4 is 10.2 Å². The van der Waals surface area contributed by atoms with E-state index in [2.05, 4.69) is 44.6 Å². The van der Waals surface area contributed by atoms with Crippen molar-refractivity contribution in [3.05, 3.63) is 120 Å². The molecule has 0 bridgehead atoms. The van der Waals surface area contributed by atoms with E-state index >= 15 is 0 Å². The van der Waals surface area contributed by atoms with Gasteiger partial charge in [-0.3, -0.25) is 0 Å². The first-order chi connectivity index (χ1) is 17.6. The number of nitrogens with one attached hydrogen (secondary N) is 1. The number of anilines is 3. The third kappa shape index (κ3) is 4.88. The number of rotatable bonds is 8. The van der Waals surface area contributed by atoms with Gasteiger partial charge in [-0.15, -0.1) is 0 Å². The SMILES string of the molecule is COC(=O)c1cnn2c(N(Cc3ccccc3)Cc3ccccc3)c(Nc3ccc(F)cc3)cnc12. The molecule has 5 rings (SSSR count). The van der Waals surface area contributed by atoms with Gasteiger partial charge in [0.2, 0.25) is 0 Å². The summed E-state index contributed by atoms with van der Waals surface area (Å²) in [5.41, 5.74) is 4.20. The summed E-state index contributed by atoms with van der Waals surface area (Å²) in [5, 5.41) is 7.87. The molecule has 0 fully saturated rings. The lowest BCUT2D eigenvalue weighted by molar-refractivity contribution is 0.0602. The monoisotopic (exact) mass is 481 g/mol. The van der Waals surface area contributed by atoms with Crippen LogP contribution in [0.5, 0.6) is 0 Å². The van der Waals surface area contributed by atoms with Gasteiger partial charge < -0.3 is 15.0 Å². The van der Waals surface area contributed by atoms with Gasteiger partial charge in [0, 0.05) is 18.8 Å². The fourth-order valence-electron chi connectivity index (χ4n) is 4.07. The zero-order chi connectivity index (χ0) is 24.9. The van der Waals surface area contributed by atoms with Crippen LogP contribution in [-0.2, 0) is 17.8 Å². The predicted octanol–water partition coefficient (Wildman–Crippen LogP) is 5.61. The topological polar surface area (TPSA) is 71.8 Å². The van der Waals surface area contributed by atoms with Gasteiger partial charge in [-0.1, -0.05) is 60.7 Å². The number of hydrogen-bond acceptors (Lipinski definition) is 6. The molecule has 0 amide bonds. The smallest absolute Gasteiger partial charge is 0.343 e. The van der Waals surface area contributed by atoms with Crippen LogP contribution in [-0.4, -0.2) is 27.7 Å². The number of hydrogen-bond donors (Lipinski definition) is 1. The molecule has 0 aliphatic carbocycles. The largest absolute Gasteiger partial charge is 0.465 e. The highest BCUT2D eigenvalue weighted by Crippen LogP contribution is 2.32. The predicted molar refractivity (Wildman–Crippen MR) is 137 cm³/mol. The van der Waals surface area contributed by atoms with Gasteiger partial charge in [-0.25, -0.2) is 14.2 Å². The van der Waals surface area contributed by atoms with E-state index in [9.17, 15) is 9.18 Å². The molecule has 0 aliphatic rings. The Bertz CT molecular complexity index is 1430. The summed E-state index contributed by atoms with van der Waals surface area (Å²) in [6.45, 7) is 1.14. The molecule has 180 valence electrons. The van der Waals surface area contributed by atoms with Gasteiger partial charge in [-0.05, 0) is 35.4 Å². The normalized spacial score (nSPS) is 10.8. The summed E-state index contributed by atoms with van der Waals surface area (Å²) in [5.74, 6) is -0.133. The van der Waals surface area contributed by atoms with Crippen molar-refractivity contribution in [2.24, 2.45) is 0 Å². The van der Waals surface area contributed by atoms with Crippen LogP contribution in [0, 0.1) is 5.82 Å². The summed E-state index contributed by atoms with van der Waals surface area (Å²) >= 11 is 0. The van der Waals surface area contributed by atoms with Crippen molar-refractivity contribution in [1.82, 2.24) is 14.6 Å². The highest BCUT2D eigenvalue weighted by atomic mass is 19.1. The van der Waals surface area contributed by atoms with Gasteiger partial charge in [-0.2, -0.15) is 9.61 Å². The average Bonchev–Trinajstić information content (AvgIpc) is 3.34. The van der Waals surface area contributed by atoms with E-state index in [0.29, 0.717) is 35.9 Å². The molecule has 7 nitrogen and oxygen atoms in total. The quantitative estimate of drug-likeness (QED) is 0.291. The van der Waals surface area contributed by atoms with Crippen molar-refractivity contribution in [2.45, 2.75) is 13.1 Å². The lowest BCUT2D eigenvalue weighted by Crippen LogP contribution is -2.26. The maximum atomic E-state index is 13.5. The molecular weight excluding hydrogens is 457 g/mol. The van der Waals surface area contributed by atoms with Crippen molar-refractivity contribution < 1.29 is 13.9 Å². The number of benzene rings is 3. The first-order valence-electron chi connectivity index (χ1n) is 11.4. The summed E-state index contributed by atoms with van der Waals surface area (Å²) in [6.07, 6.45) is 3.12. The fourth-order valence-corrected chi connectivity index (χ4v) is 4.07. The highest BCUT2D eigenvalue weighted by molar-refractivity contribution is 5.96. The number of nitrogens with zero attached hydrogens (tertiary/aromatic N) is 4. The second kappa shape index (κ2) is 10.3. The van der Waals surface area contributed by atoms with Crippen LogP contribution in [0.1, 0.15) is 21.5 Å². The van der Waals surface area contributed by atoms with E-state index < -0.39 is 5.97 Å². The first kappa shape index (κ1) is 23.0. The number of ether oxygens (including phenoxy) is 1. The molecule has 2 heterocycles. The van der Waals surface area contributed by atoms with Crippen molar-refractivity contribution in [2.75, 3.05) is 17.3 Å². The van der Waals surface area contributed by atoms with Crippen molar-refractivity contribution in [1.29, 1.82) is 0 Å². The molecule has 0 radical (unpaired) electrons. The molecule has 0 unspecified atom stereocenters. The van der Waals surface area contributed by atoms with Crippen molar-refractivity contribution in [3.63, 3.8) is 0 Å². The average molecular weight is 482 g/mol. The zero-order valence-electron chi connectivity index (χ0n) is 19.6. The molecule has 0 atom stereocenters. The summed E-state index contributed by atoms with van der Waals surface area (Å²) in [4.78, 5) is 19.1. The maximum Gasteiger partial charge on any atom is 0.343 e. The Morgan fingerprint density at radius 3 is 2.11 bits per heavy atom. The Labute approximate surface area is 207 Å². The van der Waals surface area contributed by atoms with Crippen LogP contribution in [0.4, 0.5) is 21.6 Å². The molecule has 0 saturated carbocycles. The number of halogens is 1. The second-order valence-corrected chi connectivity index (χ2v) is 8.24. The molecule has 3 aromatic carbocycles. The number of carbonyl (C=O) groups excluding carboxylic acids is 1. The van der Waals surface area contributed by atoms with Gasteiger partial charge in [0.15, 0.2) is 11.5 Å². The van der Waals surface area contributed by atoms with E-state index in [1.165, 1.54) is 25.4 Å². The lowest BCUT2D eigenvalue weighted by Gasteiger charge is -2.28. The van der Waals surface area contributed by atoms with E-state index in [-0.39, 0.29) is 11.4 Å². The Morgan fingerprint density at radius 2 is 1.53 bits per heavy atom. The number of fused-ring (bicyclic) bond motifs is 1. The Hall–Kier alpha value is -4.72. The number of carbonyl (C=O) groups is 1. The molecule has 36 heavy (non-hydrogen) atoms. The van der Waals surface area contributed by atoms with Crippen LogP contribution >= 0.6 is 0 Å². The molecular formula is C28H24FN5O2. The van der Waals surface area contributed by atoms with Crippen LogP contribution in [0.25, 0.3) is 5.65 Å². The maximum absolute atomic E-state index is 13.5. The third-order valence-electron chi connectivity index (χ3n) is 5.76. The van der Waals surface area contributed by atoms with Crippen molar-refractivity contribution in [3.8, 4) is 0 Å². The van der Waals surface area contributed by atoms with Gasteiger partial charge >= 0.3 is 5.97 Å². The summed E-state index contributed by atoms with van der Waals surface area (Å²) in [7, 11) is 1.33. The standard InChI is InChI=1S/C28H24FN5O2/c1-36-28(35)24-16-31-34-26(24)30-17-25(32-23-14-12-22(29)13-15-23)27(34)33(18-20-8-4-2-5-9-20)19-21-10-6-3-7-11-21/h2-17,32H,18-19H2,1H3. The second-order valence-electron chi connectivity index (χ2n) is 8.24. The molecule has 2 aromatic heterocycles. The lowest BCUT2D eigenvalue weighted by atomic mass is 10.1. The van der Waals surface area contributed by atoms with Gasteiger partial charge in [0.1, 0.15) is 17.1 Å². The van der Waals surface area contributed by atoms with Crippen LogP contribution in [0.2, 0.25) is 0 Å². The third-order valence-corrected chi connectivity index (χ3v) is 5.76. The van der Waals surface area contributed by atoms with E-state index in [1.54, 1.807) is 22.8 Å². The number of aromatic nitrogens is 3. The molecule has 0 spiro atoms. The molecule has 8 heteroatoms. The van der Waals surface area contributed by atoms with E-state index in [1.807, 2.05) is 36.4 Å². The minimum Gasteiger partial charge on any atom is -0.465 e. The molecule has 0 saturated heterocycles. The summed E-state index contributed by atoms with van der Waals surface area (Å²) < 4.78 is 20.1. The Balaban J connectivity index is 1.67. The number of esters is 1. The summed E-state index contributed by atoms with van der Waals surface area (Å²) in [6, 6.07) is 26.3. The van der Waals surface area contributed by atoms with E-state index in [4.69, 9.17) is 4.74 Å². The molecule has 1 N–H and O–H groups in total.